The molecule has 3 aromatic rings. The van der Waals surface area contributed by atoms with Gasteiger partial charge in [-0.25, -0.2) is 13.8 Å². The van der Waals surface area contributed by atoms with Crippen molar-refractivity contribution in [1.82, 2.24) is 24.6 Å². The molecule has 14 heteroatoms. The van der Waals surface area contributed by atoms with Crippen LogP contribution in [0, 0.1) is 6.92 Å². The number of amides is 2. The highest BCUT2D eigenvalue weighted by Crippen LogP contribution is 2.28. The number of nitrogens with one attached hydrogen (secondary N) is 2. The smallest absolute Gasteiger partial charge is 0.351 e. The van der Waals surface area contributed by atoms with E-state index in [9.17, 15) is 31.5 Å². The maximum atomic E-state index is 13.5. The Balaban J connectivity index is 1.34. The largest absolute Gasteiger partial charge is 0.434 e. The van der Waals surface area contributed by atoms with Crippen molar-refractivity contribution < 1.29 is 31.5 Å². The number of carbonyl (C=O) groups is 2. The van der Waals surface area contributed by atoms with E-state index in [2.05, 4.69) is 25.0 Å². The van der Waals surface area contributed by atoms with Gasteiger partial charge in [0.1, 0.15) is 0 Å². The molecule has 4 rings (SSSR count). The molecule has 0 unspecified atom stereocenters. The SMILES string of the molecule is Cc1nsc(Cc2cncc(C(F)(F)F)n2)c1C(=O)Nc1ccc(C(=O)NCCN2CCCC(F)(F)C2)cc1. The second-order valence-corrected chi connectivity index (χ2v) is 10.0. The van der Waals surface area contributed by atoms with Crippen LogP contribution in [-0.4, -0.2) is 63.2 Å². The van der Waals surface area contributed by atoms with Crippen LogP contribution in [0.2, 0.25) is 0 Å². The van der Waals surface area contributed by atoms with Crippen molar-refractivity contribution in [2.45, 2.75) is 38.3 Å². The van der Waals surface area contributed by atoms with Crippen molar-refractivity contribution in [1.29, 1.82) is 0 Å². The molecule has 1 fully saturated rings. The van der Waals surface area contributed by atoms with Crippen molar-refractivity contribution in [2.75, 3.05) is 31.5 Å². The Bertz CT molecular complexity index is 1330. The molecule has 1 aliphatic rings. The van der Waals surface area contributed by atoms with Crippen LogP contribution in [0.15, 0.2) is 36.7 Å². The Hall–Kier alpha value is -3.52. The number of nitrogens with zero attached hydrogens (tertiary/aromatic N) is 4. The van der Waals surface area contributed by atoms with E-state index >= 15 is 0 Å². The van der Waals surface area contributed by atoms with Crippen LogP contribution in [-0.2, 0) is 12.6 Å². The van der Waals surface area contributed by atoms with E-state index in [1.165, 1.54) is 30.5 Å². The Kier molecular flexibility index (Phi) is 8.54. The van der Waals surface area contributed by atoms with Gasteiger partial charge in [-0.05, 0) is 55.7 Å². The van der Waals surface area contributed by atoms with Crippen molar-refractivity contribution >= 4 is 29.0 Å². The van der Waals surface area contributed by atoms with Crippen LogP contribution in [0.5, 0.6) is 0 Å². The summed E-state index contributed by atoms with van der Waals surface area (Å²) < 4.78 is 70.1. The minimum Gasteiger partial charge on any atom is -0.351 e. The van der Waals surface area contributed by atoms with Crippen molar-refractivity contribution in [3.05, 3.63) is 69.7 Å². The van der Waals surface area contributed by atoms with Gasteiger partial charge in [-0.1, -0.05) is 0 Å². The van der Waals surface area contributed by atoms with E-state index in [1.54, 1.807) is 11.8 Å². The third-order valence-corrected chi connectivity index (χ3v) is 7.00. The molecular formula is C25H25F5N6O2S. The number of rotatable bonds is 8. The average molecular weight is 569 g/mol. The van der Waals surface area contributed by atoms with Gasteiger partial charge in [0.05, 0.1) is 29.7 Å². The van der Waals surface area contributed by atoms with Crippen molar-refractivity contribution in [3.63, 3.8) is 0 Å². The highest BCUT2D eigenvalue weighted by Gasteiger charge is 2.35. The number of aromatic nitrogens is 3. The second kappa shape index (κ2) is 11.7. The Morgan fingerprint density at radius 3 is 2.56 bits per heavy atom. The van der Waals surface area contributed by atoms with E-state index in [0.717, 1.165) is 11.5 Å². The molecule has 0 atom stereocenters. The minimum atomic E-state index is -4.64. The molecule has 3 heterocycles. The first kappa shape index (κ1) is 28.5. The summed E-state index contributed by atoms with van der Waals surface area (Å²) in [7, 11) is 0. The lowest BCUT2D eigenvalue weighted by Crippen LogP contribution is -2.45. The van der Waals surface area contributed by atoms with Crippen LogP contribution in [0.3, 0.4) is 0 Å². The summed E-state index contributed by atoms with van der Waals surface area (Å²) in [5, 5.41) is 5.42. The number of alkyl halides is 5. The highest BCUT2D eigenvalue weighted by atomic mass is 32.1. The van der Waals surface area contributed by atoms with Gasteiger partial charge in [0.25, 0.3) is 17.7 Å². The lowest BCUT2D eigenvalue weighted by Gasteiger charge is -2.32. The molecule has 2 N–H and O–H groups in total. The number of aryl methyl sites for hydroxylation is 1. The number of benzene rings is 1. The van der Waals surface area contributed by atoms with Crippen LogP contribution in [0.25, 0.3) is 0 Å². The topological polar surface area (TPSA) is 100 Å². The van der Waals surface area contributed by atoms with E-state index in [0.29, 0.717) is 47.5 Å². The molecule has 1 aromatic carbocycles. The molecule has 0 bridgehead atoms. The average Bonchev–Trinajstić information content (AvgIpc) is 3.23. The fourth-order valence-corrected chi connectivity index (χ4v) is 5.07. The number of piperidine rings is 1. The summed E-state index contributed by atoms with van der Waals surface area (Å²) in [5.41, 5.74) is 0.284. The first-order valence-corrected chi connectivity index (χ1v) is 12.8. The third-order valence-electron chi connectivity index (χ3n) is 6.07. The fourth-order valence-electron chi connectivity index (χ4n) is 4.19. The first-order chi connectivity index (χ1) is 18.4. The summed E-state index contributed by atoms with van der Waals surface area (Å²) in [6, 6.07) is 6.09. The van der Waals surface area contributed by atoms with E-state index in [4.69, 9.17) is 0 Å². The zero-order valence-corrected chi connectivity index (χ0v) is 21.6. The summed E-state index contributed by atoms with van der Waals surface area (Å²) in [5.74, 6) is -3.58. The first-order valence-electron chi connectivity index (χ1n) is 12.0. The van der Waals surface area contributed by atoms with Crippen LogP contribution >= 0.6 is 11.5 Å². The van der Waals surface area contributed by atoms with Gasteiger partial charge in [-0.2, -0.15) is 17.5 Å². The van der Waals surface area contributed by atoms with Gasteiger partial charge in [-0.15, -0.1) is 0 Å². The monoisotopic (exact) mass is 568 g/mol. The summed E-state index contributed by atoms with van der Waals surface area (Å²) >= 11 is 0.989. The normalized spacial score (nSPS) is 15.6. The summed E-state index contributed by atoms with van der Waals surface area (Å²) in [6.45, 7) is 2.40. The number of carbonyl (C=O) groups excluding carboxylic acids is 2. The summed E-state index contributed by atoms with van der Waals surface area (Å²) in [6.07, 6.45) is -2.56. The van der Waals surface area contributed by atoms with Gasteiger partial charge >= 0.3 is 6.18 Å². The van der Waals surface area contributed by atoms with Crippen molar-refractivity contribution in [3.8, 4) is 0 Å². The second-order valence-electron chi connectivity index (χ2n) is 9.16. The van der Waals surface area contributed by atoms with Gasteiger partial charge in [0, 0.05) is 48.3 Å². The van der Waals surface area contributed by atoms with Crippen LogP contribution in [0.1, 0.15) is 55.5 Å². The lowest BCUT2D eigenvalue weighted by molar-refractivity contribution is -0.141. The third kappa shape index (κ3) is 7.53. The molecule has 2 aromatic heterocycles. The van der Waals surface area contributed by atoms with Gasteiger partial charge in [-0.3, -0.25) is 19.5 Å². The molecule has 208 valence electrons. The van der Waals surface area contributed by atoms with Gasteiger partial charge in [0.15, 0.2) is 5.69 Å². The molecule has 0 radical (unpaired) electrons. The zero-order valence-electron chi connectivity index (χ0n) is 20.8. The Morgan fingerprint density at radius 1 is 1.13 bits per heavy atom. The quantitative estimate of drug-likeness (QED) is 0.387. The van der Waals surface area contributed by atoms with E-state index in [-0.39, 0.29) is 43.1 Å². The number of hydrogen-bond donors (Lipinski definition) is 2. The molecule has 0 saturated carbocycles. The maximum Gasteiger partial charge on any atom is 0.434 e. The Morgan fingerprint density at radius 2 is 1.87 bits per heavy atom. The number of halogens is 5. The molecule has 1 saturated heterocycles. The molecule has 8 nitrogen and oxygen atoms in total. The molecule has 0 spiro atoms. The molecule has 2 amide bonds. The summed E-state index contributed by atoms with van der Waals surface area (Å²) in [4.78, 5) is 34.7. The van der Waals surface area contributed by atoms with Gasteiger partial charge in [0.2, 0.25) is 0 Å². The number of hydrogen-bond acceptors (Lipinski definition) is 7. The molecule has 0 aliphatic carbocycles. The predicted molar refractivity (Wildman–Crippen MR) is 134 cm³/mol. The van der Waals surface area contributed by atoms with E-state index in [1.807, 2.05) is 0 Å². The standard InChI is InChI=1S/C25H25F5N6O2S/c1-15-21(19(39-35-15)11-18-12-31-13-20(33-18)25(28,29)30)23(38)34-17-5-3-16(4-6-17)22(37)32-8-10-36-9-2-7-24(26,27)14-36/h3-6,12-13H,2,7-11,14H2,1H3,(H,32,37)(H,34,38). The number of anilines is 1. The minimum absolute atomic E-state index is 0.0480. The highest BCUT2D eigenvalue weighted by molar-refractivity contribution is 7.06. The van der Waals surface area contributed by atoms with Crippen LogP contribution in [0.4, 0.5) is 27.6 Å². The maximum absolute atomic E-state index is 13.5. The van der Waals surface area contributed by atoms with Crippen LogP contribution < -0.4 is 10.6 Å². The Labute approximate surface area is 224 Å². The van der Waals surface area contributed by atoms with Crippen molar-refractivity contribution in [2.24, 2.45) is 0 Å². The molecule has 1 aliphatic heterocycles. The predicted octanol–water partition coefficient (Wildman–Crippen LogP) is 4.56. The van der Waals surface area contributed by atoms with E-state index < -0.39 is 23.7 Å². The molecular weight excluding hydrogens is 543 g/mol. The fraction of sp³-hybridized carbons (Fsp3) is 0.400. The number of likely N-dealkylation sites (tertiary alicyclic amines) is 1. The molecule has 39 heavy (non-hydrogen) atoms. The van der Waals surface area contributed by atoms with Gasteiger partial charge < -0.3 is 10.6 Å². The zero-order chi connectivity index (χ0) is 28.2. The lowest BCUT2D eigenvalue weighted by atomic mass is 10.1.